The minimum atomic E-state index is -0.801. The number of hydrogen-bond acceptors (Lipinski definition) is 2. The first-order valence-corrected chi connectivity index (χ1v) is 8.74. The molecular weight excluding hydrogens is 379 g/mol. The van der Waals surface area contributed by atoms with Crippen LogP contribution in [0.1, 0.15) is 23.6 Å². The highest BCUT2D eigenvalue weighted by atomic mass is 35.5. The van der Waals surface area contributed by atoms with E-state index >= 15 is 0 Å². The Morgan fingerprint density at radius 2 is 1.44 bits per heavy atom. The molecule has 5 heteroatoms. The Morgan fingerprint density at radius 1 is 0.926 bits per heavy atom. The van der Waals surface area contributed by atoms with E-state index in [-0.39, 0.29) is 12.4 Å². The molecule has 0 aliphatic rings. The summed E-state index contributed by atoms with van der Waals surface area (Å²) >= 11 is 6.35. The van der Waals surface area contributed by atoms with Crippen molar-refractivity contribution in [2.75, 3.05) is 7.11 Å². The number of hydrogen-bond donors (Lipinski definition) is 2. The van der Waals surface area contributed by atoms with E-state index in [2.05, 4.69) is 5.32 Å². The zero-order chi connectivity index (χ0) is 18.6. The van der Waals surface area contributed by atoms with Gasteiger partial charge in [-0.05, 0) is 36.2 Å². The van der Waals surface area contributed by atoms with Gasteiger partial charge in [-0.3, -0.25) is 5.41 Å². The maximum Gasteiger partial charge on any atom is 0.125 e. The molecule has 0 radical (unpaired) electrons. The quantitative estimate of drug-likeness (QED) is 0.330. The minimum Gasteiger partial charge on any atom is -0.496 e. The van der Waals surface area contributed by atoms with Gasteiger partial charge in [-0.2, -0.15) is 0 Å². The first-order valence-electron chi connectivity index (χ1n) is 8.36. The Labute approximate surface area is 171 Å². The van der Waals surface area contributed by atoms with Crippen molar-refractivity contribution >= 4 is 29.8 Å². The van der Waals surface area contributed by atoms with Crippen LogP contribution in [-0.4, -0.2) is 12.9 Å². The van der Waals surface area contributed by atoms with Gasteiger partial charge in [0.15, 0.2) is 0 Å². The molecule has 0 fully saturated rings. The number of ether oxygens (including phenoxy) is 1. The Morgan fingerprint density at radius 3 is 1.89 bits per heavy atom. The van der Waals surface area contributed by atoms with Crippen LogP contribution in [0.25, 0.3) is 0 Å². The van der Waals surface area contributed by atoms with E-state index < -0.39 is 5.54 Å². The maximum absolute atomic E-state index is 8.19. The van der Waals surface area contributed by atoms with Gasteiger partial charge in [0.1, 0.15) is 11.3 Å². The van der Waals surface area contributed by atoms with Gasteiger partial charge >= 0.3 is 0 Å². The summed E-state index contributed by atoms with van der Waals surface area (Å²) < 4.78 is 5.66. The van der Waals surface area contributed by atoms with E-state index in [1.807, 2.05) is 78.9 Å². The lowest BCUT2D eigenvalue weighted by atomic mass is 9.76. The van der Waals surface area contributed by atoms with Gasteiger partial charge in [-0.15, -0.1) is 12.4 Å². The summed E-state index contributed by atoms with van der Waals surface area (Å²) in [4.78, 5) is 0. The van der Waals surface area contributed by atoms with E-state index in [0.717, 1.165) is 16.7 Å². The third-order valence-electron chi connectivity index (χ3n) is 4.35. The number of rotatable bonds is 5. The molecule has 0 atom stereocenters. The molecule has 0 spiro atoms. The molecule has 0 bridgehead atoms. The fraction of sp³-hybridized carbons (Fsp3) is 0.136. The highest BCUT2D eigenvalue weighted by Crippen LogP contribution is 2.42. The smallest absolute Gasteiger partial charge is 0.125 e. The third kappa shape index (κ3) is 4.10. The molecule has 0 heterocycles. The topological polar surface area (TPSA) is 45.1 Å². The van der Waals surface area contributed by atoms with Crippen LogP contribution in [0, 0.1) is 5.41 Å². The lowest BCUT2D eigenvalue weighted by Crippen LogP contribution is -2.47. The molecular formula is C22H22Cl2N2O. The van der Waals surface area contributed by atoms with E-state index in [1.54, 1.807) is 14.0 Å². The van der Waals surface area contributed by atoms with Gasteiger partial charge in [0, 0.05) is 10.6 Å². The van der Waals surface area contributed by atoms with Gasteiger partial charge in [-0.25, -0.2) is 0 Å². The van der Waals surface area contributed by atoms with Crippen LogP contribution in [0.15, 0.2) is 78.9 Å². The number of nitrogens with one attached hydrogen (secondary N) is 2. The first-order chi connectivity index (χ1) is 12.6. The lowest BCUT2D eigenvalue weighted by molar-refractivity contribution is 0.397. The van der Waals surface area contributed by atoms with Crippen molar-refractivity contribution in [1.82, 2.24) is 5.32 Å². The van der Waals surface area contributed by atoms with Gasteiger partial charge in [0.25, 0.3) is 0 Å². The van der Waals surface area contributed by atoms with Crippen LogP contribution in [0.2, 0.25) is 5.02 Å². The number of benzene rings is 3. The summed E-state index contributed by atoms with van der Waals surface area (Å²) in [6.07, 6.45) is 0. The van der Waals surface area contributed by atoms with Crippen molar-refractivity contribution in [3.05, 3.63) is 101 Å². The van der Waals surface area contributed by atoms with Crippen molar-refractivity contribution in [1.29, 1.82) is 5.41 Å². The molecule has 0 saturated heterocycles. The molecule has 0 aliphatic heterocycles. The first kappa shape index (κ1) is 20.8. The molecule has 0 amide bonds. The van der Waals surface area contributed by atoms with Crippen LogP contribution >= 0.6 is 24.0 Å². The van der Waals surface area contributed by atoms with Crippen LogP contribution in [-0.2, 0) is 5.54 Å². The molecule has 140 valence electrons. The Balaban J connectivity index is 0.00000261. The molecule has 0 unspecified atom stereocenters. The summed E-state index contributed by atoms with van der Waals surface area (Å²) in [7, 11) is 1.64. The molecule has 0 aliphatic carbocycles. The Hall–Kier alpha value is -2.49. The molecule has 3 aromatic carbocycles. The standard InChI is InChI=1S/C22H21ClN2O.ClH/c1-16(24)25-22(17-9-5-3-6-10-17,18-11-7-4-8-12-18)20-15-19(23)13-14-21(20)26-2;/h3-15H,1-2H3,(H2,24,25);1H. The summed E-state index contributed by atoms with van der Waals surface area (Å²) in [6.45, 7) is 1.73. The van der Waals surface area contributed by atoms with Crippen LogP contribution < -0.4 is 10.1 Å². The van der Waals surface area contributed by atoms with Crippen molar-refractivity contribution in [3.8, 4) is 5.75 Å². The van der Waals surface area contributed by atoms with Crippen molar-refractivity contribution in [2.45, 2.75) is 12.5 Å². The van der Waals surface area contributed by atoms with E-state index in [4.69, 9.17) is 21.7 Å². The van der Waals surface area contributed by atoms with Gasteiger partial charge in [0.2, 0.25) is 0 Å². The van der Waals surface area contributed by atoms with Crippen molar-refractivity contribution in [2.24, 2.45) is 0 Å². The molecule has 2 N–H and O–H groups in total. The summed E-state index contributed by atoms with van der Waals surface area (Å²) in [5, 5.41) is 12.2. The Kier molecular flexibility index (Phi) is 6.89. The van der Waals surface area contributed by atoms with Gasteiger partial charge < -0.3 is 10.1 Å². The Bertz CT molecular complexity index is 859. The predicted octanol–water partition coefficient (Wildman–Crippen LogP) is 5.65. The molecule has 0 saturated carbocycles. The molecule has 3 aromatic rings. The van der Waals surface area contributed by atoms with Gasteiger partial charge in [0.05, 0.1) is 12.9 Å². The van der Waals surface area contributed by atoms with E-state index in [9.17, 15) is 0 Å². The molecule has 3 nitrogen and oxygen atoms in total. The monoisotopic (exact) mass is 400 g/mol. The fourth-order valence-corrected chi connectivity index (χ4v) is 3.49. The minimum absolute atomic E-state index is 0. The normalized spacial score (nSPS) is 10.6. The van der Waals surface area contributed by atoms with Crippen molar-refractivity contribution < 1.29 is 4.74 Å². The number of amidine groups is 1. The van der Waals surface area contributed by atoms with Crippen LogP contribution in [0.3, 0.4) is 0 Å². The van der Waals surface area contributed by atoms with E-state index in [1.165, 1.54) is 0 Å². The largest absolute Gasteiger partial charge is 0.496 e. The zero-order valence-electron chi connectivity index (χ0n) is 15.2. The highest BCUT2D eigenvalue weighted by molar-refractivity contribution is 6.30. The predicted molar refractivity (Wildman–Crippen MR) is 115 cm³/mol. The average molecular weight is 401 g/mol. The lowest BCUT2D eigenvalue weighted by Gasteiger charge is -2.38. The average Bonchev–Trinajstić information content (AvgIpc) is 2.67. The van der Waals surface area contributed by atoms with Crippen LogP contribution in [0.4, 0.5) is 0 Å². The summed E-state index contributed by atoms with van der Waals surface area (Å²) in [5.41, 5.74) is 2.05. The zero-order valence-corrected chi connectivity index (χ0v) is 16.8. The fourth-order valence-electron chi connectivity index (χ4n) is 3.32. The molecule has 3 rings (SSSR count). The third-order valence-corrected chi connectivity index (χ3v) is 4.59. The summed E-state index contributed by atoms with van der Waals surface area (Å²) in [5.74, 6) is 1.05. The highest BCUT2D eigenvalue weighted by Gasteiger charge is 2.39. The second-order valence-corrected chi connectivity index (χ2v) is 6.51. The van der Waals surface area contributed by atoms with Crippen LogP contribution in [0.5, 0.6) is 5.75 Å². The molecule has 27 heavy (non-hydrogen) atoms. The van der Waals surface area contributed by atoms with Gasteiger partial charge in [-0.1, -0.05) is 72.3 Å². The maximum atomic E-state index is 8.19. The molecule has 0 aromatic heterocycles. The second kappa shape index (κ2) is 8.94. The van der Waals surface area contributed by atoms with Crippen molar-refractivity contribution in [3.63, 3.8) is 0 Å². The SMILES string of the molecule is COc1ccc(Cl)cc1C(NC(C)=N)(c1ccccc1)c1ccccc1.Cl. The summed E-state index contributed by atoms with van der Waals surface area (Å²) in [6, 6.07) is 25.7. The van der Waals surface area contributed by atoms with E-state index in [0.29, 0.717) is 16.6 Å². The second-order valence-electron chi connectivity index (χ2n) is 6.08. The number of halogens is 2. The number of methoxy groups -OCH3 is 1.